The van der Waals surface area contributed by atoms with E-state index in [1.54, 1.807) is 0 Å². The fourth-order valence-corrected chi connectivity index (χ4v) is 2.30. The molecule has 3 heteroatoms. The Hall–Kier alpha value is -1.51. The van der Waals surface area contributed by atoms with Crippen LogP contribution in [-0.4, -0.2) is 6.54 Å². The molecule has 0 atom stereocenters. The van der Waals surface area contributed by atoms with E-state index in [2.05, 4.69) is 31.3 Å². The van der Waals surface area contributed by atoms with Gasteiger partial charge in [0.05, 0.1) is 0 Å². The molecule has 2 rings (SSSR count). The number of hydrogen-bond donors (Lipinski definition) is 1. The normalized spacial score (nSPS) is 10.6. The average molecular weight is 304 g/mol. The van der Waals surface area contributed by atoms with Crippen LogP contribution in [0.5, 0.6) is 11.5 Å². The van der Waals surface area contributed by atoms with Crippen molar-refractivity contribution < 1.29 is 4.74 Å². The van der Waals surface area contributed by atoms with Crippen LogP contribution >= 0.6 is 11.6 Å². The number of rotatable bonds is 7. The summed E-state index contributed by atoms with van der Waals surface area (Å²) >= 11 is 6.30. The van der Waals surface area contributed by atoms with Crippen LogP contribution in [0.25, 0.3) is 0 Å². The first-order chi connectivity index (χ1) is 10.2. The minimum atomic E-state index is 0.737. The number of nitrogens with one attached hydrogen (secondary N) is 1. The van der Waals surface area contributed by atoms with Gasteiger partial charge in [-0.3, -0.25) is 0 Å². The second-order valence-electron chi connectivity index (χ2n) is 5.03. The smallest absolute Gasteiger partial charge is 0.128 e. The Morgan fingerprint density at radius 2 is 1.71 bits per heavy atom. The molecule has 0 fully saturated rings. The molecule has 0 unspecified atom stereocenters. The van der Waals surface area contributed by atoms with Gasteiger partial charge >= 0.3 is 0 Å². The van der Waals surface area contributed by atoms with Gasteiger partial charge in [0.25, 0.3) is 0 Å². The summed E-state index contributed by atoms with van der Waals surface area (Å²) in [6.07, 6.45) is 2.15. The van der Waals surface area contributed by atoms with E-state index in [9.17, 15) is 0 Å². The van der Waals surface area contributed by atoms with Gasteiger partial charge in [-0.2, -0.15) is 0 Å². The molecule has 1 N–H and O–H groups in total. The maximum Gasteiger partial charge on any atom is 0.128 e. The molecule has 0 aromatic heterocycles. The fourth-order valence-electron chi connectivity index (χ4n) is 2.06. The molecular formula is C18H22ClNO. The van der Waals surface area contributed by atoms with Crippen molar-refractivity contribution in [1.82, 2.24) is 5.32 Å². The van der Waals surface area contributed by atoms with E-state index in [1.165, 1.54) is 5.56 Å². The zero-order chi connectivity index (χ0) is 15.1. The van der Waals surface area contributed by atoms with E-state index >= 15 is 0 Å². The summed E-state index contributed by atoms with van der Waals surface area (Å²) in [7, 11) is 0. The molecule has 0 aliphatic carbocycles. The van der Waals surface area contributed by atoms with Crippen molar-refractivity contribution in [2.45, 2.75) is 33.2 Å². The van der Waals surface area contributed by atoms with Crippen molar-refractivity contribution in [2.75, 3.05) is 6.54 Å². The van der Waals surface area contributed by atoms with Crippen molar-refractivity contribution in [3.63, 3.8) is 0 Å². The standard InChI is InChI=1S/C18H22ClNO/c1-3-11-20-13-15-7-10-17(12-18(15)19)21-16-8-5-14(4-2)6-9-16/h5-10,12,20H,3-4,11,13H2,1-2H3. The number of ether oxygens (including phenoxy) is 1. The topological polar surface area (TPSA) is 21.3 Å². The van der Waals surface area contributed by atoms with Crippen LogP contribution in [0.2, 0.25) is 5.02 Å². The Bertz CT molecular complexity index is 566. The van der Waals surface area contributed by atoms with Gasteiger partial charge in [-0.05, 0) is 54.8 Å². The molecule has 2 nitrogen and oxygen atoms in total. The molecule has 21 heavy (non-hydrogen) atoms. The minimum Gasteiger partial charge on any atom is -0.457 e. The number of hydrogen-bond acceptors (Lipinski definition) is 2. The highest BCUT2D eigenvalue weighted by Crippen LogP contribution is 2.27. The summed E-state index contributed by atoms with van der Waals surface area (Å²) in [5.41, 5.74) is 2.40. The third-order valence-corrected chi connectivity index (χ3v) is 3.69. The van der Waals surface area contributed by atoms with Crippen LogP contribution in [0.4, 0.5) is 0 Å². The minimum absolute atomic E-state index is 0.737. The Morgan fingerprint density at radius 1 is 1.00 bits per heavy atom. The summed E-state index contributed by atoms with van der Waals surface area (Å²) in [6, 6.07) is 14.0. The lowest BCUT2D eigenvalue weighted by molar-refractivity contribution is 0.482. The summed E-state index contributed by atoms with van der Waals surface area (Å²) in [5.74, 6) is 1.60. The van der Waals surface area contributed by atoms with E-state index in [-0.39, 0.29) is 0 Å². The van der Waals surface area contributed by atoms with E-state index < -0.39 is 0 Å². The maximum atomic E-state index is 6.30. The number of benzene rings is 2. The van der Waals surface area contributed by atoms with Gasteiger partial charge in [0.1, 0.15) is 11.5 Å². The molecule has 0 bridgehead atoms. The van der Waals surface area contributed by atoms with Crippen LogP contribution in [0, 0.1) is 0 Å². The highest BCUT2D eigenvalue weighted by Gasteiger charge is 2.04. The molecule has 0 radical (unpaired) electrons. The average Bonchev–Trinajstić information content (AvgIpc) is 2.50. The van der Waals surface area contributed by atoms with E-state index in [4.69, 9.17) is 16.3 Å². The molecule has 0 heterocycles. The Kier molecular flexibility index (Phi) is 6.09. The maximum absolute atomic E-state index is 6.30. The SMILES string of the molecule is CCCNCc1ccc(Oc2ccc(CC)cc2)cc1Cl. The van der Waals surface area contributed by atoms with Crippen LogP contribution in [0.1, 0.15) is 31.4 Å². The quantitative estimate of drug-likeness (QED) is 0.710. The predicted molar refractivity (Wildman–Crippen MR) is 89.3 cm³/mol. The molecule has 0 amide bonds. The van der Waals surface area contributed by atoms with Crippen molar-refractivity contribution >= 4 is 11.6 Å². The lowest BCUT2D eigenvalue weighted by Crippen LogP contribution is -2.13. The van der Waals surface area contributed by atoms with E-state index in [1.807, 2.05) is 30.3 Å². The predicted octanol–water partition coefficient (Wildman–Crippen LogP) is 5.19. The largest absolute Gasteiger partial charge is 0.457 e. The summed E-state index contributed by atoms with van der Waals surface area (Å²) in [6.45, 7) is 6.08. The molecular weight excluding hydrogens is 282 g/mol. The fraction of sp³-hybridized carbons (Fsp3) is 0.333. The highest BCUT2D eigenvalue weighted by atomic mass is 35.5. The third kappa shape index (κ3) is 4.76. The lowest BCUT2D eigenvalue weighted by Gasteiger charge is -2.10. The third-order valence-electron chi connectivity index (χ3n) is 3.33. The van der Waals surface area contributed by atoms with Gasteiger partial charge in [0.2, 0.25) is 0 Å². The number of aryl methyl sites for hydroxylation is 1. The van der Waals surface area contributed by atoms with Crippen molar-refractivity contribution in [3.05, 3.63) is 58.6 Å². The first kappa shape index (κ1) is 15.9. The molecule has 0 aliphatic rings. The van der Waals surface area contributed by atoms with Gasteiger partial charge in [0.15, 0.2) is 0 Å². The van der Waals surface area contributed by atoms with Gasteiger partial charge < -0.3 is 10.1 Å². The second kappa shape index (κ2) is 8.06. The summed E-state index contributed by atoms with van der Waals surface area (Å²) in [4.78, 5) is 0. The first-order valence-corrected chi connectivity index (χ1v) is 7.86. The first-order valence-electron chi connectivity index (χ1n) is 7.49. The van der Waals surface area contributed by atoms with E-state index in [0.29, 0.717) is 0 Å². The summed E-state index contributed by atoms with van der Waals surface area (Å²) < 4.78 is 5.83. The van der Waals surface area contributed by atoms with Crippen LogP contribution in [0.15, 0.2) is 42.5 Å². The Balaban J connectivity index is 2.01. The molecule has 112 valence electrons. The molecule has 0 saturated heterocycles. The second-order valence-corrected chi connectivity index (χ2v) is 5.44. The highest BCUT2D eigenvalue weighted by molar-refractivity contribution is 6.31. The van der Waals surface area contributed by atoms with Gasteiger partial charge in [-0.1, -0.05) is 43.6 Å². The zero-order valence-corrected chi connectivity index (χ0v) is 13.4. The molecule has 2 aromatic rings. The van der Waals surface area contributed by atoms with Crippen LogP contribution < -0.4 is 10.1 Å². The van der Waals surface area contributed by atoms with Crippen molar-refractivity contribution in [1.29, 1.82) is 0 Å². The molecule has 0 saturated carbocycles. The van der Waals surface area contributed by atoms with E-state index in [0.717, 1.165) is 48.0 Å². The van der Waals surface area contributed by atoms with Crippen molar-refractivity contribution in [2.24, 2.45) is 0 Å². The van der Waals surface area contributed by atoms with Crippen molar-refractivity contribution in [3.8, 4) is 11.5 Å². The zero-order valence-electron chi connectivity index (χ0n) is 12.7. The Labute approximate surface area is 132 Å². The number of halogens is 1. The van der Waals surface area contributed by atoms with Gasteiger partial charge in [0, 0.05) is 11.6 Å². The molecule has 0 aliphatic heterocycles. The van der Waals surface area contributed by atoms with Gasteiger partial charge in [-0.25, -0.2) is 0 Å². The molecule has 0 spiro atoms. The van der Waals surface area contributed by atoms with Gasteiger partial charge in [-0.15, -0.1) is 0 Å². The summed E-state index contributed by atoms with van der Waals surface area (Å²) in [5, 5.41) is 4.09. The van der Waals surface area contributed by atoms with Crippen LogP contribution in [-0.2, 0) is 13.0 Å². The van der Waals surface area contributed by atoms with Crippen LogP contribution in [0.3, 0.4) is 0 Å². The Morgan fingerprint density at radius 3 is 2.33 bits per heavy atom. The monoisotopic (exact) mass is 303 g/mol. The molecule has 2 aromatic carbocycles. The lowest BCUT2D eigenvalue weighted by atomic mass is 10.2.